The van der Waals surface area contributed by atoms with Crippen LogP contribution in [-0.2, 0) is 21.4 Å². The molecule has 4 heterocycles. The standard InChI is InChI=1S/C25H33N5O6/c1-7-18-12-17(9-10-35-18)30(25(32)34-8-2)22-21-19(36-23(22)24(31)29(5)33-6)11-15(3)20(27-21)16-13-26-28(4)14-16/h11,13-14,17-18H,7-10,12H2,1-6H3. The van der Waals surface area contributed by atoms with Gasteiger partial charge in [-0.05, 0) is 44.7 Å². The first-order valence-corrected chi connectivity index (χ1v) is 12.1. The summed E-state index contributed by atoms with van der Waals surface area (Å²) in [5.41, 5.74) is 3.37. The zero-order chi connectivity index (χ0) is 26.0. The number of furan rings is 1. The lowest BCUT2D eigenvalue weighted by Crippen LogP contribution is -2.47. The molecule has 36 heavy (non-hydrogen) atoms. The second-order valence-electron chi connectivity index (χ2n) is 8.82. The Morgan fingerprint density at radius 2 is 2.08 bits per heavy atom. The number of rotatable bonds is 7. The van der Waals surface area contributed by atoms with Gasteiger partial charge in [0.2, 0.25) is 5.76 Å². The van der Waals surface area contributed by atoms with Gasteiger partial charge < -0.3 is 13.9 Å². The molecular formula is C25H33N5O6. The second kappa shape index (κ2) is 10.7. The van der Waals surface area contributed by atoms with E-state index in [4.69, 9.17) is 23.7 Å². The summed E-state index contributed by atoms with van der Waals surface area (Å²) in [4.78, 5) is 38.4. The third kappa shape index (κ3) is 4.80. The van der Waals surface area contributed by atoms with E-state index in [-0.39, 0.29) is 30.2 Å². The number of aromatic nitrogens is 3. The van der Waals surface area contributed by atoms with Gasteiger partial charge in [0.1, 0.15) is 11.2 Å². The number of nitrogens with zero attached hydrogens (tertiary/aromatic N) is 5. The number of hydrogen-bond donors (Lipinski definition) is 0. The molecule has 194 valence electrons. The summed E-state index contributed by atoms with van der Waals surface area (Å²) in [6.45, 7) is 6.37. The Labute approximate surface area is 209 Å². The summed E-state index contributed by atoms with van der Waals surface area (Å²) in [6, 6.07) is 1.55. The molecule has 0 saturated carbocycles. The fourth-order valence-electron chi connectivity index (χ4n) is 4.53. The molecule has 0 aromatic carbocycles. The molecule has 11 heteroatoms. The minimum absolute atomic E-state index is 0.0131. The van der Waals surface area contributed by atoms with Crippen LogP contribution < -0.4 is 4.90 Å². The Hall–Kier alpha value is -3.44. The van der Waals surface area contributed by atoms with Crippen LogP contribution in [0.3, 0.4) is 0 Å². The molecule has 1 fully saturated rings. The monoisotopic (exact) mass is 499 g/mol. The van der Waals surface area contributed by atoms with Crippen molar-refractivity contribution in [3.05, 3.63) is 29.8 Å². The molecule has 11 nitrogen and oxygen atoms in total. The molecule has 0 spiro atoms. The summed E-state index contributed by atoms with van der Waals surface area (Å²) in [7, 11) is 4.70. The van der Waals surface area contributed by atoms with E-state index in [9.17, 15) is 9.59 Å². The van der Waals surface area contributed by atoms with Gasteiger partial charge in [0.15, 0.2) is 5.58 Å². The van der Waals surface area contributed by atoms with E-state index in [1.807, 2.05) is 33.2 Å². The van der Waals surface area contributed by atoms with E-state index in [1.54, 1.807) is 17.8 Å². The normalized spacial score (nSPS) is 17.8. The maximum absolute atomic E-state index is 13.4. The number of pyridine rings is 1. The highest BCUT2D eigenvalue weighted by molar-refractivity contribution is 6.10. The minimum Gasteiger partial charge on any atom is -0.449 e. The highest BCUT2D eigenvalue weighted by Gasteiger charge is 2.38. The number of amides is 2. The van der Waals surface area contributed by atoms with Gasteiger partial charge in [0.25, 0.3) is 0 Å². The van der Waals surface area contributed by atoms with Crippen LogP contribution in [0.4, 0.5) is 10.5 Å². The average molecular weight is 500 g/mol. The molecule has 0 N–H and O–H groups in total. The number of carbonyl (C=O) groups excluding carboxylic acids is 2. The zero-order valence-electron chi connectivity index (χ0n) is 21.6. The van der Waals surface area contributed by atoms with Gasteiger partial charge in [-0.15, -0.1) is 0 Å². The predicted molar refractivity (Wildman–Crippen MR) is 133 cm³/mol. The summed E-state index contributed by atoms with van der Waals surface area (Å²) in [5, 5.41) is 5.31. The van der Waals surface area contributed by atoms with Crippen LogP contribution in [0, 0.1) is 6.92 Å². The molecule has 1 saturated heterocycles. The molecule has 1 aliphatic heterocycles. The van der Waals surface area contributed by atoms with Gasteiger partial charge in [-0.1, -0.05) is 6.92 Å². The van der Waals surface area contributed by atoms with Crippen molar-refractivity contribution in [3.63, 3.8) is 0 Å². The molecule has 0 aliphatic carbocycles. The van der Waals surface area contributed by atoms with E-state index in [0.717, 1.165) is 22.6 Å². The molecule has 2 amide bonds. The van der Waals surface area contributed by atoms with Crippen LogP contribution in [0.5, 0.6) is 0 Å². The molecule has 4 rings (SSSR count). The van der Waals surface area contributed by atoms with Crippen LogP contribution >= 0.6 is 0 Å². The topological polar surface area (TPSA) is 112 Å². The maximum Gasteiger partial charge on any atom is 0.414 e. The lowest BCUT2D eigenvalue weighted by molar-refractivity contribution is -0.0772. The van der Waals surface area contributed by atoms with Crippen molar-refractivity contribution in [1.82, 2.24) is 19.8 Å². The Bertz CT molecular complexity index is 1250. The lowest BCUT2D eigenvalue weighted by Gasteiger charge is -2.36. The molecule has 2 atom stereocenters. The van der Waals surface area contributed by atoms with Crippen LogP contribution in [0.1, 0.15) is 49.2 Å². The Morgan fingerprint density at radius 3 is 2.72 bits per heavy atom. The van der Waals surface area contributed by atoms with Crippen LogP contribution in [0.2, 0.25) is 0 Å². The van der Waals surface area contributed by atoms with Gasteiger partial charge in [0.05, 0.1) is 31.7 Å². The minimum atomic E-state index is -0.568. The van der Waals surface area contributed by atoms with Crippen molar-refractivity contribution < 1.29 is 28.3 Å². The Balaban J connectivity index is 1.97. The first-order chi connectivity index (χ1) is 17.3. The predicted octanol–water partition coefficient (Wildman–Crippen LogP) is 4.09. The van der Waals surface area contributed by atoms with Crippen molar-refractivity contribution in [3.8, 4) is 11.3 Å². The summed E-state index contributed by atoms with van der Waals surface area (Å²) in [6.07, 6.45) is 4.98. The van der Waals surface area contributed by atoms with Crippen molar-refractivity contribution in [2.75, 3.05) is 32.3 Å². The third-order valence-corrected chi connectivity index (χ3v) is 6.43. The highest BCUT2D eigenvalue weighted by Crippen LogP contribution is 2.39. The van der Waals surface area contributed by atoms with Crippen molar-refractivity contribution in [2.45, 2.75) is 52.2 Å². The van der Waals surface area contributed by atoms with Crippen molar-refractivity contribution in [1.29, 1.82) is 0 Å². The smallest absolute Gasteiger partial charge is 0.414 e. The molecule has 3 aromatic rings. The van der Waals surface area contributed by atoms with Gasteiger partial charge in [0, 0.05) is 38.5 Å². The number of fused-ring (bicyclic) bond motifs is 1. The number of hydroxylamine groups is 2. The zero-order valence-corrected chi connectivity index (χ0v) is 21.6. The van der Waals surface area contributed by atoms with E-state index in [0.29, 0.717) is 36.2 Å². The third-order valence-electron chi connectivity index (χ3n) is 6.43. The fourth-order valence-corrected chi connectivity index (χ4v) is 4.53. The van der Waals surface area contributed by atoms with Crippen molar-refractivity contribution >= 4 is 28.8 Å². The summed E-state index contributed by atoms with van der Waals surface area (Å²) < 4.78 is 19.1. The molecule has 0 bridgehead atoms. The largest absolute Gasteiger partial charge is 0.449 e. The Morgan fingerprint density at radius 1 is 1.31 bits per heavy atom. The Kier molecular flexibility index (Phi) is 7.60. The van der Waals surface area contributed by atoms with Crippen LogP contribution in [-0.4, -0.2) is 71.3 Å². The van der Waals surface area contributed by atoms with E-state index >= 15 is 0 Å². The number of carbonyl (C=O) groups is 2. The van der Waals surface area contributed by atoms with E-state index in [1.165, 1.54) is 19.1 Å². The van der Waals surface area contributed by atoms with Crippen molar-refractivity contribution in [2.24, 2.45) is 7.05 Å². The quantitative estimate of drug-likeness (QED) is 0.447. The van der Waals surface area contributed by atoms with Gasteiger partial charge >= 0.3 is 12.0 Å². The molecule has 2 unspecified atom stereocenters. The number of hydrogen-bond acceptors (Lipinski definition) is 8. The molecule has 3 aromatic heterocycles. The van der Waals surface area contributed by atoms with Crippen LogP contribution in [0.15, 0.2) is 22.9 Å². The highest BCUT2D eigenvalue weighted by atomic mass is 16.7. The van der Waals surface area contributed by atoms with Gasteiger partial charge in [-0.25, -0.2) is 14.8 Å². The van der Waals surface area contributed by atoms with Gasteiger partial charge in [-0.3, -0.25) is 19.2 Å². The first-order valence-electron chi connectivity index (χ1n) is 12.1. The summed E-state index contributed by atoms with van der Waals surface area (Å²) in [5.74, 6) is -0.586. The first kappa shape index (κ1) is 25.6. The number of aryl methyl sites for hydroxylation is 2. The second-order valence-corrected chi connectivity index (χ2v) is 8.82. The van der Waals surface area contributed by atoms with Gasteiger partial charge in [-0.2, -0.15) is 5.10 Å². The van der Waals surface area contributed by atoms with Crippen LogP contribution in [0.25, 0.3) is 22.4 Å². The molecule has 1 aliphatic rings. The van der Waals surface area contributed by atoms with E-state index < -0.39 is 12.0 Å². The molecule has 0 radical (unpaired) electrons. The number of anilines is 1. The number of ether oxygens (including phenoxy) is 2. The average Bonchev–Trinajstić information content (AvgIpc) is 3.46. The fraction of sp³-hybridized carbons (Fsp3) is 0.520. The maximum atomic E-state index is 13.4. The molecular weight excluding hydrogens is 466 g/mol. The summed E-state index contributed by atoms with van der Waals surface area (Å²) >= 11 is 0. The SMILES string of the molecule is CCOC(=O)N(c1c(C(=O)N(C)OC)oc2cc(C)c(-c3cnn(C)c3)nc12)C1CCOC(CC)C1. The van der Waals surface area contributed by atoms with E-state index in [2.05, 4.69) is 5.10 Å². The lowest BCUT2D eigenvalue weighted by atomic mass is 9.99.